The van der Waals surface area contributed by atoms with Gasteiger partial charge in [0.05, 0.1) is 13.0 Å². The molecule has 2 amide bonds. The van der Waals surface area contributed by atoms with Crippen molar-refractivity contribution in [2.75, 3.05) is 19.0 Å². The maximum Gasteiger partial charge on any atom is 0.310 e. The Labute approximate surface area is 197 Å². The van der Waals surface area contributed by atoms with Crippen LogP contribution in [-0.4, -0.2) is 36.3 Å². The summed E-state index contributed by atoms with van der Waals surface area (Å²) in [5.74, 6) is -1.02. The van der Waals surface area contributed by atoms with Gasteiger partial charge >= 0.3 is 5.97 Å². The highest BCUT2D eigenvalue weighted by Crippen LogP contribution is 2.30. The predicted octanol–water partition coefficient (Wildman–Crippen LogP) is 5.02. The van der Waals surface area contributed by atoms with Crippen LogP contribution in [0.3, 0.4) is 0 Å². The van der Waals surface area contributed by atoms with Crippen LogP contribution in [0.4, 0.5) is 5.69 Å². The average Bonchev–Trinajstić information content (AvgIpc) is 3.13. The average molecular weight is 463 g/mol. The van der Waals surface area contributed by atoms with E-state index in [1.54, 1.807) is 36.1 Å². The standard InChI is InChI=1S/C26H23ClN2O4/c1-16(26(32)33-2)14-29-15-20-4-3-19(13-23(20)25(29)31)17-7-11-22(12-8-17)28-24(30)18-5-9-21(27)10-6-18/h3-13,16H,14-15H2,1-2H3,(H,28,30). The number of benzene rings is 3. The first-order chi connectivity index (χ1) is 15.9. The van der Waals surface area contributed by atoms with Gasteiger partial charge in [-0.15, -0.1) is 0 Å². The number of nitrogens with zero attached hydrogens (tertiary/aromatic N) is 1. The molecule has 3 aromatic carbocycles. The van der Waals surface area contributed by atoms with E-state index in [-0.39, 0.29) is 23.7 Å². The highest BCUT2D eigenvalue weighted by Gasteiger charge is 2.30. The Morgan fingerprint density at radius 3 is 2.36 bits per heavy atom. The van der Waals surface area contributed by atoms with Crippen molar-refractivity contribution in [3.63, 3.8) is 0 Å². The monoisotopic (exact) mass is 462 g/mol. The Morgan fingerprint density at radius 2 is 1.70 bits per heavy atom. The Bertz CT molecular complexity index is 1210. The summed E-state index contributed by atoms with van der Waals surface area (Å²) >= 11 is 5.87. The third kappa shape index (κ3) is 4.91. The lowest BCUT2D eigenvalue weighted by molar-refractivity contribution is -0.145. The predicted molar refractivity (Wildman–Crippen MR) is 127 cm³/mol. The van der Waals surface area contributed by atoms with Gasteiger partial charge in [0, 0.05) is 34.9 Å². The van der Waals surface area contributed by atoms with Crippen LogP contribution < -0.4 is 5.32 Å². The fourth-order valence-corrected chi connectivity index (χ4v) is 3.97. The van der Waals surface area contributed by atoms with Crippen LogP contribution in [-0.2, 0) is 16.1 Å². The summed E-state index contributed by atoms with van der Waals surface area (Å²) in [4.78, 5) is 38.7. The van der Waals surface area contributed by atoms with E-state index >= 15 is 0 Å². The molecule has 0 aliphatic carbocycles. The van der Waals surface area contributed by atoms with Crippen LogP contribution in [0.25, 0.3) is 11.1 Å². The van der Waals surface area contributed by atoms with Crippen LogP contribution in [0.1, 0.15) is 33.2 Å². The molecule has 7 heteroatoms. The number of hydrogen-bond acceptors (Lipinski definition) is 4. The van der Waals surface area contributed by atoms with Gasteiger partial charge in [-0.1, -0.05) is 42.8 Å². The molecule has 1 atom stereocenters. The number of hydrogen-bond donors (Lipinski definition) is 1. The number of fused-ring (bicyclic) bond motifs is 1. The van der Waals surface area contributed by atoms with Crippen LogP contribution in [0.15, 0.2) is 66.7 Å². The van der Waals surface area contributed by atoms with E-state index < -0.39 is 0 Å². The Kier molecular flexibility index (Phi) is 6.47. The fraction of sp³-hybridized carbons (Fsp3) is 0.192. The molecular weight excluding hydrogens is 440 g/mol. The second-order valence-electron chi connectivity index (χ2n) is 8.02. The van der Waals surface area contributed by atoms with Gasteiger partial charge in [0.25, 0.3) is 11.8 Å². The van der Waals surface area contributed by atoms with Gasteiger partial charge in [0.2, 0.25) is 0 Å². The van der Waals surface area contributed by atoms with E-state index in [2.05, 4.69) is 5.32 Å². The van der Waals surface area contributed by atoms with E-state index in [1.807, 2.05) is 42.5 Å². The van der Waals surface area contributed by atoms with E-state index in [0.717, 1.165) is 16.7 Å². The zero-order chi connectivity index (χ0) is 23.5. The normalized spacial score (nSPS) is 13.4. The Morgan fingerprint density at radius 1 is 1.03 bits per heavy atom. The van der Waals surface area contributed by atoms with Gasteiger partial charge in [-0.25, -0.2) is 0 Å². The number of anilines is 1. The zero-order valence-electron chi connectivity index (χ0n) is 18.3. The first-order valence-corrected chi connectivity index (χ1v) is 10.9. The number of esters is 1. The van der Waals surface area contributed by atoms with Crippen LogP contribution in [0.2, 0.25) is 5.02 Å². The molecule has 168 valence electrons. The summed E-state index contributed by atoms with van der Waals surface area (Å²) < 4.78 is 4.77. The molecule has 1 N–H and O–H groups in total. The van der Waals surface area contributed by atoms with Gasteiger partial charge < -0.3 is 15.0 Å². The second-order valence-corrected chi connectivity index (χ2v) is 8.46. The van der Waals surface area contributed by atoms with Crippen LogP contribution in [0.5, 0.6) is 0 Å². The molecule has 0 spiro atoms. The molecule has 1 aliphatic rings. The summed E-state index contributed by atoms with van der Waals surface area (Å²) in [5, 5.41) is 3.44. The molecule has 0 fully saturated rings. The molecule has 4 rings (SSSR count). The molecular formula is C26H23ClN2O4. The maximum absolute atomic E-state index is 12.9. The number of ether oxygens (including phenoxy) is 1. The molecule has 0 saturated carbocycles. The van der Waals surface area contributed by atoms with Gasteiger partial charge in [-0.2, -0.15) is 0 Å². The third-order valence-electron chi connectivity index (χ3n) is 5.67. The van der Waals surface area contributed by atoms with E-state index in [9.17, 15) is 14.4 Å². The molecule has 1 aliphatic heterocycles. The van der Waals surface area contributed by atoms with Gasteiger partial charge in [-0.3, -0.25) is 14.4 Å². The minimum atomic E-state index is -0.386. The second kappa shape index (κ2) is 9.46. The topological polar surface area (TPSA) is 75.7 Å². The third-order valence-corrected chi connectivity index (χ3v) is 5.92. The van der Waals surface area contributed by atoms with Crippen molar-refractivity contribution < 1.29 is 19.1 Å². The maximum atomic E-state index is 12.9. The van der Waals surface area contributed by atoms with Gasteiger partial charge in [0.1, 0.15) is 0 Å². The lowest BCUT2D eigenvalue weighted by Crippen LogP contribution is -2.32. The highest BCUT2D eigenvalue weighted by molar-refractivity contribution is 6.30. The van der Waals surface area contributed by atoms with Crippen molar-refractivity contribution in [2.24, 2.45) is 5.92 Å². The summed E-state index contributed by atoms with van der Waals surface area (Å²) in [6.45, 7) is 2.55. The molecule has 0 aromatic heterocycles. The fourth-order valence-electron chi connectivity index (χ4n) is 3.85. The van der Waals surface area contributed by atoms with E-state index in [0.29, 0.717) is 34.9 Å². The van der Waals surface area contributed by atoms with Crippen molar-refractivity contribution in [3.05, 3.63) is 88.4 Å². The molecule has 3 aromatic rings. The van der Waals surface area contributed by atoms with E-state index in [1.165, 1.54) is 7.11 Å². The molecule has 0 bridgehead atoms. The molecule has 0 saturated heterocycles. The number of amides is 2. The number of carbonyl (C=O) groups excluding carboxylic acids is 3. The minimum absolute atomic E-state index is 0.0885. The van der Waals surface area contributed by atoms with Crippen LogP contribution in [0, 0.1) is 5.92 Å². The molecule has 1 unspecified atom stereocenters. The number of nitrogens with one attached hydrogen (secondary N) is 1. The number of rotatable bonds is 6. The van der Waals surface area contributed by atoms with Crippen molar-refractivity contribution in [2.45, 2.75) is 13.5 Å². The summed E-state index contributed by atoms with van der Waals surface area (Å²) in [5.41, 5.74) is 4.60. The largest absolute Gasteiger partial charge is 0.469 e. The SMILES string of the molecule is COC(=O)C(C)CN1Cc2ccc(-c3ccc(NC(=O)c4ccc(Cl)cc4)cc3)cc2C1=O. The van der Waals surface area contributed by atoms with Gasteiger partial charge in [-0.05, 0) is 59.2 Å². The van der Waals surface area contributed by atoms with Gasteiger partial charge in [0.15, 0.2) is 0 Å². The number of halogens is 1. The minimum Gasteiger partial charge on any atom is -0.469 e. The summed E-state index contributed by atoms with van der Waals surface area (Å²) in [6, 6.07) is 19.9. The quantitative estimate of drug-likeness (QED) is 0.521. The zero-order valence-corrected chi connectivity index (χ0v) is 19.1. The smallest absolute Gasteiger partial charge is 0.310 e. The highest BCUT2D eigenvalue weighted by atomic mass is 35.5. The van der Waals surface area contributed by atoms with Crippen molar-refractivity contribution >= 4 is 35.1 Å². The molecule has 0 radical (unpaired) electrons. The number of methoxy groups -OCH3 is 1. The molecule has 33 heavy (non-hydrogen) atoms. The van der Waals surface area contributed by atoms with Crippen molar-refractivity contribution in [1.29, 1.82) is 0 Å². The summed E-state index contributed by atoms with van der Waals surface area (Å²) in [6.07, 6.45) is 0. The first kappa shape index (κ1) is 22.6. The number of carbonyl (C=O) groups is 3. The first-order valence-electron chi connectivity index (χ1n) is 10.5. The molecule has 1 heterocycles. The summed E-state index contributed by atoms with van der Waals surface area (Å²) in [7, 11) is 1.35. The van der Waals surface area contributed by atoms with Crippen molar-refractivity contribution in [3.8, 4) is 11.1 Å². The van der Waals surface area contributed by atoms with E-state index in [4.69, 9.17) is 16.3 Å². The van der Waals surface area contributed by atoms with Crippen molar-refractivity contribution in [1.82, 2.24) is 4.90 Å². The van der Waals surface area contributed by atoms with Crippen LogP contribution >= 0.6 is 11.6 Å². The lowest BCUT2D eigenvalue weighted by atomic mass is 10.00. The Hall–Kier alpha value is -3.64. The lowest BCUT2D eigenvalue weighted by Gasteiger charge is -2.19. The molecule has 6 nitrogen and oxygen atoms in total. The Balaban J connectivity index is 1.46.